The van der Waals surface area contributed by atoms with E-state index in [0.29, 0.717) is 5.56 Å². The van der Waals surface area contributed by atoms with Crippen molar-refractivity contribution in [3.8, 4) is 0 Å². The molecule has 2 rings (SSSR count). The maximum absolute atomic E-state index is 11.3. The average Bonchev–Trinajstić information content (AvgIpc) is 2.85. The zero-order valence-corrected chi connectivity index (χ0v) is 12.3. The van der Waals surface area contributed by atoms with E-state index < -0.39 is 24.3 Å². The number of benzene rings is 1. The number of hydrogen-bond donors (Lipinski definition) is 1. The van der Waals surface area contributed by atoms with Gasteiger partial charge in [-0.1, -0.05) is 58.0 Å². The Morgan fingerprint density at radius 2 is 1.70 bits per heavy atom. The summed E-state index contributed by atoms with van der Waals surface area (Å²) in [6.07, 6.45) is -2.18. The van der Waals surface area contributed by atoms with Gasteiger partial charge in [0, 0.05) is 5.56 Å². The SMILES string of the molecule is CC.CC.O=C(O)CC1OC(c2ccccc2)OC1=O. The van der Waals surface area contributed by atoms with E-state index in [9.17, 15) is 9.59 Å². The maximum Gasteiger partial charge on any atom is 0.338 e. The number of aliphatic carboxylic acids is 1. The van der Waals surface area contributed by atoms with Gasteiger partial charge in [0.05, 0.1) is 6.42 Å². The summed E-state index contributed by atoms with van der Waals surface area (Å²) in [6.45, 7) is 8.00. The highest BCUT2D eigenvalue weighted by atomic mass is 16.8. The van der Waals surface area contributed by atoms with Crippen LogP contribution in [-0.4, -0.2) is 23.1 Å². The van der Waals surface area contributed by atoms with Crippen LogP contribution in [0.5, 0.6) is 0 Å². The number of esters is 1. The molecule has 2 atom stereocenters. The Morgan fingerprint density at radius 1 is 1.15 bits per heavy atom. The molecule has 1 aliphatic rings. The number of cyclic esters (lactones) is 1. The molecule has 1 saturated heterocycles. The van der Waals surface area contributed by atoms with E-state index in [-0.39, 0.29) is 6.42 Å². The van der Waals surface area contributed by atoms with Crippen molar-refractivity contribution in [2.75, 3.05) is 0 Å². The van der Waals surface area contributed by atoms with E-state index in [0.717, 1.165) is 0 Å². The molecule has 1 aromatic carbocycles. The van der Waals surface area contributed by atoms with Crippen molar-refractivity contribution in [2.24, 2.45) is 0 Å². The Balaban J connectivity index is 0.000000829. The number of carbonyl (C=O) groups excluding carboxylic acids is 1. The smallest absolute Gasteiger partial charge is 0.338 e. The van der Waals surface area contributed by atoms with Crippen molar-refractivity contribution in [2.45, 2.75) is 46.5 Å². The van der Waals surface area contributed by atoms with Crippen molar-refractivity contribution in [3.63, 3.8) is 0 Å². The first kappa shape index (κ1) is 18.1. The molecule has 1 aromatic rings. The molecule has 112 valence electrons. The van der Waals surface area contributed by atoms with E-state index in [4.69, 9.17) is 14.6 Å². The zero-order valence-electron chi connectivity index (χ0n) is 12.3. The molecule has 5 heteroatoms. The number of rotatable bonds is 3. The molecule has 20 heavy (non-hydrogen) atoms. The zero-order chi connectivity index (χ0) is 15.5. The van der Waals surface area contributed by atoms with Gasteiger partial charge in [-0.15, -0.1) is 0 Å². The van der Waals surface area contributed by atoms with Crippen LogP contribution in [-0.2, 0) is 19.1 Å². The molecule has 0 bridgehead atoms. The Labute approximate surface area is 119 Å². The van der Waals surface area contributed by atoms with Crippen molar-refractivity contribution in [1.82, 2.24) is 0 Å². The Bertz CT molecular complexity index is 402. The first-order chi connectivity index (χ1) is 9.66. The van der Waals surface area contributed by atoms with Gasteiger partial charge in [0.2, 0.25) is 6.29 Å². The molecule has 1 heterocycles. The maximum atomic E-state index is 11.3. The molecule has 0 aliphatic carbocycles. The second-order valence-electron chi connectivity index (χ2n) is 3.40. The van der Waals surface area contributed by atoms with Crippen molar-refractivity contribution in [1.29, 1.82) is 0 Å². The van der Waals surface area contributed by atoms with Gasteiger partial charge in [-0.05, 0) is 0 Å². The predicted molar refractivity (Wildman–Crippen MR) is 75.1 cm³/mol. The third kappa shape index (κ3) is 5.40. The van der Waals surface area contributed by atoms with Gasteiger partial charge in [-0.3, -0.25) is 4.79 Å². The first-order valence-corrected chi connectivity index (χ1v) is 6.79. The molecule has 0 radical (unpaired) electrons. The van der Waals surface area contributed by atoms with Crippen molar-refractivity contribution >= 4 is 11.9 Å². The minimum atomic E-state index is -1.09. The van der Waals surface area contributed by atoms with Crippen molar-refractivity contribution in [3.05, 3.63) is 35.9 Å². The quantitative estimate of drug-likeness (QED) is 0.862. The van der Waals surface area contributed by atoms with Crippen LogP contribution < -0.4 is 0 Å². The summed E-state index contributed by atoms with van der Waals surface area (Å²) in [4.78, 5) is 21.7. The molecular formula is C15H22O5. The van der Waals surface area contributed by atoms with Crippen LogP contribution in [0.2, 0.25) is 0 Å². The monoisotopic (exact) mass is 282 g/mol. The largest absolute Gasteiger partial charge is 0.481 e. The number of carboxylic acid groups (broad SMARTS) is 1. The van der Waals surface area contributed by atoms with Crippen LogP contribution in [0, 0.1) is 0 Å². The van der Waals surface area contributed by atoms with Gasteiger partial charge in [-0.25, -0.2) is 4.79 Å². The van der Waals surface area contributed by atoms with E-state index in [2.05, 4.69) is 0 Å². The number of carboxylic acids is 1. The molecule has 1 N–H and O–H groups in total. The highest BCUT2D eigenvalue weighted by Gasteiger charge is 2.37. The summed E-state index contributed by atoms with van der Waals surface area (Å²) in [7, 11) is 0. The van der Waals surface area contributed by atoms with E-state index in [1.807, 2.05) is 33.8 Å². The van der Waals surface area contributed by atoms with Gasteiger partial charge >= 0.3 is 11.9 Å². The predicted octanol–water partition coefficient (Wildman–Crippen LogP) is 3.15. The lowest BCUT2D eigenvalue weighted by atomic mass is 10.2. The molecule has 0 saturated carbocycles. The van der Waals surface area contributed by atoms with Crippen LogP contribution in [0.15, 0.2) is 30.3 Å². The van der Waals surface area contributed by atoms with Crippen LogP contribution in [0.1, 0.15) is 46.0 Å². The summed E-state index contributed by atoms with van der Waals surface area (Å²) >= 11 is 0. The Kier molecular flexibility index (Phi) is 9.04. The average molecular weight is 282 g/mol. The van der Waals surface area contributed by atoms with Crippen LogP contribution in [0.25, 0.3) is 0 Å². The minimum Gasteiger partial charge on any atom is -0.481 e. The topological polar surface area (TPSA) is 72.8 Å². The fourth-order valence-corrected chi connectivity index (χ4v) is 1.46. The van der Waals surface area contributed by atoms with E-state index >= 15 is 0 Å². The van der Waals surface area contributed by atoms with Crippen LogP contribution >= 0.6 is 0 Å². The van der Waals surface area contributed by atoms with E-state index in [1.54, 1.807) is 24.3 Å². The third-order valence-electron chi connectivity index (χ3n) is 2.21. The highest BCUT2D eigenvalue weighted by Crippen LogP contribution is 2.28. The molecule has 0 aromatic heterocycles. The van der Waals surface area contributed by atoms with Gasteiger partial charge in [0.25, 0.3) is 0 Å². The van der Waals surface area contributed by atoms with Gasteiger partial charge in [0.1, 0.15) is 0 Å². The summed E-state index contributed by atoms with van der Waals surface area (Å²) in [6, 6.07) is 8.91. The van der Waals surface area contributed by atoms with Gasteiger partial charge in [-0.2, -0.15) is 0 Å². The number of hydrogen-bond acceptors (Lipinski definition) is 4. The molecule has 1 fully saturated rings. The molecule has 0 spiro atoms. The van der Waals surface area contributed by atoms with Gasteiger partial charge < -0.3 is 14.6 Å². The van der Waals surface area contributed by atoms with Crippen LogP contribution in [0.4, 0.5) is 0 Å². The summed E-state index contributed by atoms with van der Waals surface area (Å²) in [5, 5.41) is 8.56. The molecule has 1 aliphatic heterocycles. The molecule has 5 nitrogen and oxygen atoms in total. The molecule has 0 amide bonds. The standard InChI is InChI=1S/C11H10O5.2C2H6/c12-9(13)6-8-10(14)16-11(15-8)7-4-2-1-3-5-7;2*1-2/h1-5,8,11H,6H2,(H,12,13);2*1-2H3. The number of carbonyl (C=O) groups is 2. The fraction of sp³-hybridized carbons (Fsp3) is 0.467. The number of ether oxygens (including phenoxy) is 2. The molecular weight excluding hydrogens is 260 g/mol. The lowest BCUT2D eigenvalue weighted by Crippen LogP contribution is -2.20. The van der Waals surface area contributed by atoms with Crippen molar-refractivity contribution < 1.29 is 24.2 Å². The summed E-state index contributed by atoms with van der Waals surface area (Å²) < 4.78 is 10.2. The highest BCUT2D eigenvalue weighted by molar-refractivity contribution is 5.82. The lowest BCUT2D eigenvalue weighted by molar-refractivity contribution is -0.146. The summed E-state index contributed by atoms with van der Waals surface area (Å²) in [5.41, 5.74) is 0.698. The van der Waals surface area contributed by atoms with Gasteiger partial charge in [0.15, 0.2) is 6.10 Å². The first-order valence-electron chi connectivity index (χ1n) is 6.79. The fourth-order valence-electron chi connectivity index (χ4n) is 1.46. The normalized spacial score (nSPS) is 19.9. The lowest BCUT2D eigenvalue weighted by Gasteiger charge is -2.08. The minimum absolute atomic E-state index is 0.373. The Hall–Kier alpha value is -1.88. The summed E-state index contributed by atoms with van der Waals surface area (Å²) in [5.74, 6) is -1.72. The second kappa shape index (κ2) is 9.97. The van der Waals surface area contributed by atoms with Crippen LogP contribution in [0.3, 0.4) is 0 Å². The van der Waals surface area contributed by atoms with E-state index in [1.165, 1.54) is 0 Å². The second-order valence-corrected chi connectivity index (χ2v) is 3.40. The Morgan fingerprint density at radius 3 is 2.20 bits per heavy atom. The third-order valence-corrected chi connectivity index (χ3v) is 2.21. The molecule has 2 unspecified atom stereocenters.